The molecule has 0 saturated heterocycles. The number of aliphatic hydroxyl groups is 2. The second kappa shape index (κ2) is 10.8. The van der Waals surface area contributed by atoms with Crippen LogP contribution in [0.3, 0.4) is 0 Å². The Kier molecular flexibility index (Phi) is 6.37. The number of benzene rings is 2. The zero-order valence-corrected chi connectivity index (χ0v) is 32.4. The monoisotopic (exact) mass is 790 g/mol. The molecule has 0 bridgehead atoms. The van der Waals surface area contributed by atoms with Gasteiger partial charge in [0.1, 0.15) is 0 Å². The lowest BCUT2D eigenvalue weighted by Gasteiger charge is -2.15. The van der Waals surface area contributed by atoms with Gasteiger partial charge in [0.15, 0.2) is 0 Å². The van der Waals surface area contributed by atoms with E-state index in [-0.39, 0.29) is 13.2 Å². The zero-order chi connectivity index (χ0) is 32.8. The minimum absolute atomic E-state index is 0.0609. The Labute approximate surface area is 318 Å². The zero-order valence-electron chi connectivity index (χ0n) is 25.9. The lowest BCUT2D eigenvalue weighted by atomic mass is 9.90. The second-order valence-corrected chi connectivity index (χ2v) is 20.8. The summed E-state index contributed by atoms with van der Waals surface area (Å²) >= 11 is 14.9. The van der Waals surface area contributed by atoms with E-state index >= 15 is 0 Å². The van der Waals surface area contributed by atoms with Crippen LogP contribution in [0.1, 0.15) is 33.4 Å². The van der Waals surface area contributed by atoms with Gasteiger partial charge in [-0.1, -0.05) is 0 Å². The van der Waals surface area contributed by atoms with E-state index in [2.05, 4.69) is 64.0 Å². The van der Waals surface area contributed by atoms with E-state index in [4.69, 9.17) is 0 Å². The molecule has 242 valence electrons. The summed E-state index contributed by atoms with van der Waals surface area (Å²) in [5, 5.41) is 30.0. The lowest BCUT2D eigenvalue weighted by molar-refractivity contribution is 0.276. The van der Waals surface area contributed by atoms with Crippen LogP contribution in [0.25, 0.3) is 90.5 Å². The van der Waals surface area contributed by atoms with Crippen molar-refractivity contribution in [3.8, 4) is 52.9 Å². The number of thiophene rings is 8. The normalized spacial score (nSPS) is 13.4. The minimum Gasteiger partial charge on any atom is -0.392 e. The molecule has 2 aromatic carbocycles. The summed E-state index contributed by atoms with van der Waals surface area (Å²) in [4.78, 5) is 5.27. The first-order chi connectivity index (χ1) is 24.6. The van der Waals surface area contributed by atoms with E-state index in [1.807, 2.05) is 74.1 Å². The molecular weight excluding hydrogens is 769 g/mol. The maximum absolute atomic E-state index is 10.6. The van der Waals surface area contributed by atoms with E-state index in [0.29, 0.717) is 0 Å². The molecule has 12 rings (SSSR count). The van der Waals surface area contributed by atoms with Crippen molar-refractivity contribution in [2.75, 3.05) is 0 Å². The Morgan fingerprint density at radius 1 is 0.460 bits per heavy atom. The van der Waals surface area contributed by atoms with Crippen molar-refractivity contribution in [1.82, 2.24) is 0 Å². The van der Waals surface area contributed by atoms with Gasteiger partial charge in [0, 0.05) is 76.2 Å². The van der Waals surface area contributed by atoms with Crippen molar-refractivity contribution in [3.05, 3.63) is 103 Å². The first-order valence-corrected chi connectivity index (χ1v) is 23.0. The number of rotatable bonds is 5. The third-order valence-corrected chi connectivity index (χ3v) is 19.4. The van der Waals surface area contributed by atoms with Gasteiger partial charge in [0.05, 0.1) is 17.9 Å². The van der Waals surface area contributed by atoms with Crippen LogP contribution in [0.4, 0.5) is 0 Å². The molecule has 2 N–H and O–H groups in total. The molecule has 0 radical (unpaired) electrons. The van der Waals surface area contributed by atoms with Crippen LogP contribution in [0.2, 0.25) is 0 Å². The largest absolute Gasteiger partial charge is 0.392 e. The molecule has 0 spiro atoms. The highest BCUT2D eigenvalue weighted by atomic mass is 32.1. The maximum atomic E-state index is 10.6. The average molecular weight is 791 g/mol. The molecule has 2 aliphatic carbocycles. The predicted octanol–water partition coefficient (Wildman–Crippen LogP) is 13.9. The minimum atomic E-state index is -0.0700. The van der Waals surface area contributed by atoms with Gasteiger partial charge in [-0.15, -0.1) is 90.7 Å². The van der Waals surface area contributed by atoms with Crippen molar-refractivity contribution >= 4 is 128 Å². The Morgan fingerprint density at radius 3 is 1.68 bits per heavy atom. The molecule has 8 aromatic heterocycles. The molecule has 2 aliphatic rings. The topological polar surface area (TPSA) is 40.5 Å². The highest BCUT2D eigenvalue weighted by molar-refractivity contribution is 7.31. The quantitative estimate of drug-likeness (QED) is 0.182. The van der Waals surface area contributed by atoms with Crippen LogP contribution in [-0.2, 0) is 26.1 Å². The lowest BCUT2D eigenvalue weighted by Crippen LogP contribution is -1.96. The van der Waals surface area contributed by atoms with Crippen molar-refractivity contribution in [2.45, 2.75) is 26.1 Å². The van der Waals surface area contributed by atoms with Gasteiger partial charge in [0.25, 0.3) is 0 Å². The molecule has 0 amide bonds. The van der Waals surface area contributed by atoms with Gasteiger partial charge in [0.2, 0.25) is 0 Å². The Morgan fingerprint density at radius 2 is 1.04 bits per heavy atom. The van der Waals surface area contributed by atoms with Gasteiger partial charge < -0.3 is 10.2 Å². The summed E-state index contributed by atoms with van der Waals surface area (Å²) in [6.07, 6.45) is 1.98. The van der Waals surface area contributed by atoms with Crippen molar-refractivity contribution < 1.29 is 10.2 Å². The van der Waals surface area contributed by atoms with Gasteiger partial charge in [-0.2, -0.15) is 0 Å². The van der Waals surface area contributed by atoms with Crippen LogP contribution in [0.15, 0.2) is 70.1 Å². The standard InChI is InChI=1S/C40H22O2S8/c41-14-17-7-18(15-42)20(8-19(17)31-12-33-28(47-31)1-4-43-33)32-13-34-40(50-32)27(16-46-34)35-21-9-25-36(48-29-2-5-44-38(25)29)23(21)11-24-22(35)10-26-37(24)49-30-3-6-45-39(26)30/h1-8,11-13,16,41-42H,9-10,14-15H2. The molecule has 0 unspecified atom stereocenters. The third kappa shape index (κ3) is 3.98. The number of hydrogen-bond donors (Lipinski definition) is 2. The molecule has 10 aromatic rings. The summed E-state index contributed by atoms with van der Waals surface area (Å²) < 4.78 is 10.9. The fraction of sp³-hybridized carbons (Fsp3) is 0.100. The summed E-state index contributed by atoms with van der Waals surface area (Å²) in [6, 6.07) is 18.1. The number of hydrogen-bond acceptors (Lipinski definition) is 10. The van der Waals surface area contributed by atoms with Crippen LogP contribution in [0, 0.1) is 0 Å². The van der Waals surface area contributed by atoms with Crippen molar-refractivity contribution in [2.24, 2.45) is 0 Å². The van der Waals surface area contributed by atoms with E-state index < -0.39 is 0 Å². The number of aliphatic hydroxyl groups excluding tert-OH is 2. The van der Waals surface area contributed by atoms with Crippen LogP contribution < -0.4 is 0 Å². The fourth-order valence-corrected chi connectivity index (χ4v) is 17.6. The van der Waals surface area contributed by atoms with Crippen molar-refractivity contribution in [1.29, 1.82) is 0 Å². The molecule has 0 fully saturated rings. The van der Waals surface area contributed by atoms with E-state index in [1.54, 1.807) is 22.7 Å². The van der Waals surface area contributed by atoms with Gasteiger partial charge >= 0.3 is 0 Å². The maximum Gasteiger partial charge on any atom is 0.0688 e. The summed E-state index contributed by atoms with van der Waals surface area (Å²) in [7, 11) is 0. The molecule has 0 atom stereocenters. The Balaban J connectivity index is 1.07. The molecule has 2 nitrogen and oxygen atoms in total. The first-order valence-electron chi connectivity index (χ1n) is 16.2. The Hall–Kier alpha value is -3.00. The number of fused-ring (bicyclic) bond motifs is 12. The van der Waals surface area contributed by atoms with Crippen LogP contribution >= 0.6 is 90.7 Å². The molecular formula is C40H22O2S8. The average Bonchev–Trinajstić information content (AvgIpc) is 3.95. The molecule has 0 saturated carbocycles. The summed E-state index contributed by atoms with van der Waals surface area (Å²) in [6.45, 7) is -0.131. The Bertz CT molecular complexity index is 2900. The predicted molar refractivity (Wildman–Crippen MR) is 224 cm³/mol. The van der Waals surface area contributed by atoms with Crippen LogP contribution in [0.5, 0.6) is 0 Å². The summed E-state index contributed by atoms with van der Waals surface area (Å²) in [5.41, 5.74) is 15.6. The fourth-order valence-electron chi connectivity index (χ4n) is 8.17. The summed E-state index contributed by atoms with van der Waals surface area (Å²) in [5.74, 6) is 0. The van der Waals surface area contributed by atoms with Crippen LogP contribution in [-0.4, -0.2) is 10.2 Å². The molecule has 8 heterocycles. The smallest absolute Gasteiger partial charge is 0.0688 e. The third-order valence-electron chi connectivity index (χ3n) is 10.4. The highest BCUT2D eigenvalue weighted by Crippen LogP contribution is 2.59. The second-order valence-electron chi connectivity index (χ2n) is 12.9. The van der Waals surface area contributed by atoms with E-state index in [0.717, 1.165) is 40.0 Å². The van der Waals surface area contributed by atoms with Gasteiger partial charge in [-0.25, -0.2) is 0 Å². The van der Waals surface area contributed by atoms with E-state index in [9.17, 15) is 10.2 Å². The van der Waals surface area contributed by atoms with Gasteiger partial charge in [-0.3, -0.25) is 0 Å². The van der Waals surface area contributed by atoms with Crippen molar-refractivity contribution in [3.63, 3.8) is 0 Å². The first kappa shape index (κ1) is 29.6. The van der Waals surface area contributed by atoms with E-state index in [1.165, 1.54) is 96.7 Å². The SMILES string of the molecule is OCc1cc(CO)c(-c2cc3scc(-c4c5c(cc6c4Cc4c-6sc6ccsc46)-c4sc6ccsc6c4C5)c3s2)cc1-c1cc2sccc2s1. The molecule has 10 heteroatoms. The highest BCUT2D eigenvalue weighted by Gasteiger charge is 2.35. The molecule has 50 heavy (non-hydrogen) atoms. The molecule has 0 aliphatic heterocycles. The van der Waals surface area contributed by atoms with Gasteiger partial charge in [-0.05, 0) is 126 Å².